The van der Waals surface area contributed by atoms with E-state index in [1.807, 2.05) is 0 Å². The van der Waals surface area contributed by atoms with E-state index in [1.54, 1.807) is 115 Å². The maximum absolute atomic E-state index is 14.1. The van der Waals surface area contributed by atoms with Crippen molar-refractivity contribution in [3.05, 3.63) is 11.8 Å². The summed E-state index contributed by atoms with van der Waals surface area (Å²) in [6.45, 7) is 36.9. The molecule has 4 rings (SSSR count). The Labute approximate surface area is 504 Å². The van der Waals surface area contributed by atoms with E-state index in [9.17, 15) is 49.2 Å². The van der Waals surface area contributed by atoms with Gasteiger partial charge in [-0.1, -0.05) is 20.8 Å². The normalized spacial score (nSPS) is 29.2. The molecule has 3 aliphatic heterocycles. The second-order valence-electron chi connectivity index (χ2n) is 29.6. The quantitative estimate of drug-likeness (QED) is 0.0701. The first-order valence-electron chi connectivity index (χ1n) is 29.5. The van der Waals surface area contributed by atoms with Crippen molar-refractivity contribution in [1.29, 1.82) is 0 Å². The van der Waals surface area contributed by atoms with Gasteiger partial charge >= 0.3 is 30.5 Å². The van der Waals surface area contributed by atoms with Crippen LogP contribution in [0.15, 0.2) is 11.8 Å². The van der Waals surface area contributed by atoms with Crippen molar-refractivity contribution in [2.45, 2.75) is 276 Å². The third-order valence-corrected chi connectivity index (χ3v) is 19.3. The van der Waals surface area contributed by atoms with Crippen LogP contribution in [-0.2, 0) is 47.1 Å². The lowest BCUT2D eigenvalue weighted by Gasteiger charge is -2.52. The van der Waals surface area contributed by atoms with Crippen molar-refractivity contribution in [3.63, 3.8) is 0 Å². The Kier molecular flexibility index (Phi) is 23.7. The molecule has 9 N–H and O–H groups in total. The summed E-state index contributed by atoms with van der Waals surface area (Å²) in [5.74, 6) is -2.03. The molecule has 0 radical (unpaired) electrons. The number of hydrogen-bond acceptors (Lipinski definition) is 20. The zero-order valence-electron chi connectivity index (χ0n) is 54.5. The number of amides is 6. The van der Waals surface area contributed by atoms with Gasteiger partial charge in [-0.3, -0.25) is 4.79 Å². The van der Waals surface area contributed by atoms with Gasteiger partial charge < -0.3 is 99.1 Å². The average Bonchev–Trinajstić information content (AvgIpc) is 2.37. The Balaban J connectivity index is 1.82. The van der Waals surface area contributed by atoms with Crippen LogP contribution < -0.4 is 26.6 Å². The molecule has 3 fully saturated rings. The number of alkyl carbamates (subject to hydrolysis) is 3. The Morgan fingerprint density at radius 1 is 0.741 bits per heavy atom. The van der Waals surface area contributed by atoms with Crippen LogP contribution >= 0.6 is 0 Å². The van der Waals surface area contributed by atoms with Gasteiger partial charge in [0.15, 0.2) is 14.6 Å². The number of ether oxygens (including phenoxy) is 8. The minimum absolute atomic E-state index is 0.0669. The fourth-order valence-electron chi connectivity index (χ4n) is 10.2. The highest BCUT2D eigenvalue weighted by molar-refractivity contribution is 6.74. The minimum Gasteiger partial charge on any atom is -0.491 e. The van der Waals surface area contributed by atoms with Gasteiger partial charge in [-0.05, 0) is 154 Å². The number of rotatable bonds is 16. The van der Waals surface area contributed by atoms with Crippen LogP contribution in [0.3, 0.4) is 0 Å². The van der Waals surface area contributed by atoms with Gasteiger partial charge in [0.05, 0.1) is 56.1 Å². The molecule has 4 aliphatic rings. The summed E-state index contributed by atoms with van der Waals surface area (Å²) in [6, 6.07) is -5.44. The minimum atomic E-state index is -2.27. The molecule has 85 heavy (non-hydrogen) atoms. The lowest BCUT2D eigenvalue weighted by Crippen LogP contribution is -2.71. The zero-order chi connectivity index (χ0) is 65.0. The Hall–Kier alpha value is -4.74. The van der Waals surface area contributed by atoms with Crippen molar-refractivity contribution in [2.24, 2.45) is 5.92 Å². The van der Waals surface area contributed by atoms with Gasteiger partial charge in [-0.25, -0.2) is 24.0 Å². The van der Waals surface area contributed by atoms with Gasteiger partial charge in [0, 0.05) is 32.1 Å². The molecular weight excluding hydrogens is 1130 g/mol. The van der Waals surface area contributed by atoms with E-state index in [4.69, 9.17) is 42.3 Å². The maximum Gasteiger partial charge on any atom is 0.410 e. The van der Waals surface area contributed by atoms with Gasteiger partial charge in [0.1, 0.15) is 63.8 Å². The molecule has 2 saturated heterocycles. The fraction of sp³-hybridized carbons (Fsp3) is 0.862. The molecule has 27 heteroatoms. The van der Waals surface area contributed by atoms with E-state index in [0.29, 0.717) is 18.7 Å². The zero-order valence-corrected chi connectivity index (χ0v) is 55.5. The SMILES string of the molecule is CN(C(=O)OC(C)(C)C)[C@@H]1[C@@H](O)[C@@H](O[C@@H]2[C@@H](O)[C@H](C3OC(CNC[C@H]4C[C@H](O[Si](C)(C)C(C)(C)C)CN4C(=O)OC(C)(C)C)=CC[C@H]3NC(=O)OC(C)(C)C)[C@@H](NC(=O)OC(C)(C)C)C[C@H]2NC(=O)[C@@H](O)CNC(=O)OC(C)(C)C)OC[C@]1(C)O. The Morgan fingerprint density at radius 2 is 1.27 bits per heavy atom. The first kappa shape index (κ1) is 72.7. The van der Waals surface area contributed by atoms with Crippen LogP contribution in [0.5, 0.6) is 0 Å². The molecule has 0 aromatic rings. The smallest absolute Gasteiger partial charge is 0.410 e. The lowest BCUT2D eigenvalue weighted by molar-refractivity contribution is -0.305. The number of hydrogen-bond donors (Lipinski definition) is 9. The molecule has 1 aliphatic carbocycles. The van der Waals surface area contributed by atoms with Gasteiger partial charge in [0.25, 0.3) is 5.91 Å². The summed E-state index contributed by atoms with van der Waals surface area (Å²) in [4.78, 5) is 84.4. The largest absolute Gasteiger partial charge is 0.491 e. The Bertz CT molecular complexity index is 2340. The molecule has 3 heterocycles. The van der Waals surface area contributed by atoms with Crippen molar-refractivity contribution in [1.82, 2.24) is 36.4 Å². The number of aliphatic hydroxyl groups is 4. The highest BCUT2D eigenvalue weighted by Gasteiger charge is 2.57. The fourth-order valence-corrected chi connectivity index (χ4v) is 11.6. The molecule has 26 nitrogen and oxygen atoms in total. The van der Waals surface area contributed by atoms with Gasteiger partial charge in [-0.2, -0.15) is 0 Å². The van der Waals surface area contributed by atoms with Crippen molar-refractivity contribution in [2.75, 3.05) is 39.8 Å². The summed E-state index contributed by atoms with van der Waals surface area (Å²) in [6.07, 6.45) is -12.6. The molecule has 0 aromatic carbocycles. The number of carbonyl (C=O) groups is 6. The highest BCUT2D eigenvalue weighted by Crippen LogP contribution is 2.41. The van der Waals surface area contributed by atoms with E-state index >= 15 is 0 Å². The molecule has 0 spiro atoms. The van der Waals surface area contributed by atoms with Crippen LogP contribution in [0, 0.1) is 5.92 Å². The van der Waals surface area contributed by atoms with Crippen LogP contribution in [-0.4, -0.2) is 221 Å². The van der Waals surface area contributed by atoms with Crippen molar-refractivity contribution < 1.29 is 91.5 Å². The third kappa shape index (κ3) is 22.1. The van der Waals surface area contributed by atoms with E-state index in [0.717, 1.165) is 4.90 Å². The summed E-state index contributed by atoms with van der Waals surface area (Å²) < 4.78 is 54.4. The van der Waals surface area contributed by atoms with E-state index < -0.39 is 158 Å². The van der Waals surface area contributed by atoms with Crippen molar-refractivity contribution in [3.8, 4) is 0 Å². The Morgan fingerprint density at radius 3 is 1.80 bits per heavy atom. The predicted octanol–water partition coefficient (Wildman–Crippen LogP) is 5.28. The van der Waals surface area contributed by atoms with E-state index in [1.165, 1.54) is 14.0 Å². The standard InChI is InChI=1S/C58H105N7O19Si/c1-52(2,3)79-47(70)60-29-38(66)45(69)61-37-26-36(63-49(72)81-54(7,8)9)39(40(67)43(37)78-46-41(68)44(58(19,75)31-76-46)64(20)50(73)82-55(10,11)12)42-35(62-48(71)80-53(4,5)6)24-23-33(77-42)28-59-27-32-25-34(84-85(21,22)57(16,17)18)30-65(32)51(74)83-56(13,14)15/h23,32,34-44,46,59,66-68,75H,24-31H2,1-22H3,(H,60,70)(H,61,69)(H,62,71)(H,63,72)/t32-,34+,35-,36+,37-,38+,39-,40+,41-,42?,43+,44-,46-,58+/m1/s1. The molecular formula is C58H105N7O19Si. The monoisotopic (exact) mass is 1230 g/mol. The summed E-state index contributed by atoms with van der Waals surface area (Å²) >= 11 is 0. The van der Waals surface area contributed by atoms with Crippen molar-refractivity contribution >= 4 is 44.7 Å². The van der Waals surface area contributed by atoms with Crippen LogP contribution in [0.1, 0.15) is 151 Å². The average molecular weight is 1230 g/mol. The lowest BCUT2D eigenvalue weighted by atomic mass is 9.72. The van der Waals surface area contributed by atoms with Crippen LogP contribution in [0.2, 0.25) is 18.1 Å². The number of carbonyl (C=O) groups excluding carboxylic acids is 6. The highest BCUT2D eigenvalue weighted by atomic mass is 28.4. The van der Waals surface area contributed by atoms with E-state index in [-0.39, 0.29) is 43.1 Å². The molecule has 0 aromatic heterocycles. The number of likely N-dealkylation sites (tertiary alicyclic amines) is 1. The topological polar surface area (TPSA) is 333 Å². The molecule has 0 bridgehead atoms. The summed E-state index contributed by atoms with van der Waals surface area (Å²) in [5, 5.41) is 62.3. The first-order chi connectivity index (χ1) is 38.5. The maximum atomic E-state index is 14.1. The number of aliphatic hydroxyl groups excluding tert-OH is 3. The van der Waals surface area contributed by atoms with Crippen LogP contribution in [0.25, 0.3) is 0 Å². The van der Waals surface area contributed by atoms with Gasteiger partial charge in [0.2, 0.25) is 0 Å². The molecule has 1 saturated carbocycles. The second-order valence-corrected chi connectivity index (χ2v) is 34.4. The summed E-state index contributed by atoms with van der Waals surface area (Å²) in [5.41, 5.74) is -6.54. The van der Waals surface area contributed by atoms with Crippen LogP contribution in [0.4, 0.5) is 24.0 Å². The molecule has 14 atom stereocenters. The van der Waals surface area contributed by atoms with E-state index in [2.05, 4.69) is 60.4 Å². The predicted molar refractivity (Wildman–Crippen MR) is 315 cm³/mol. The third-order valence-electron chi connectivity index (χ3n) is 14.8. The molecule has 1 unspecified atom stereocenters. The molecule has 490 valence electrons. The molecule has 6 amide bonds. The number of nitrogens with one attached hydrogen (secondary N) is 5. The van der Waals surface area contributed by atoms with Gasteiger partial charge in [-0.15, -0.1) is 0 Å². The second kappa shape index (κ2) is 27.7. The summed E-state index contributed by atoms with van der Waals surface area (Å²) in [7, 11) is -0.949. The first-order valence-corrected chi connectivity index (χ1v) is 32.4. The number of nitrogens with zero attached hydrogens (tertiary/aromatic N) is 2. The number of likely N-dealkylation sites (N-methyl/N-ethyl adjacent to an activating group) is 1.